The molecule has 5 heteroatoms. The quantitative estimate of drug-likeness (QED) is 0.564. The van der Waals surface area contributed by atoms with Crippen LogP contribution in [-0.4, -0.2) is 24.1 Å². The summed E-state index contributed by atoms with van der Waals surface area (Å²) in [4.78, 5) is 25.0. The maximum absolute atomic E-state index is 12.6. The van der Waals surface area contributed by atoms with Gasteiger partial charge in [0.2, 0.25) is 0 Å². The van der Waals surface area contributed by atoms with E-state index in [0.29, 0.717) is 11.4 Å². The summed E-state index contributed by atoms with van der Waals surface area (Å²) in [6.45, 7) is 5.08. The molecule has 0 fully saturated rings. The third kappa shape index (κ3) is 5.47. The van der Waals surface area contributed by atoms with Crippen molar-refractivity contribution < 1.29 is 19.1 Å². The van der Waals surface area contributed by atoms with Crippen LogP contribution in [0.5, 0.6) is 5.75 Å². The molecular formula is C25H25NO4. The molecule has 5 nitrogen and oxygen atoms in total. The zero-order valence-electron chi connectivity index (χ0n) is 17.3. The van der Waals surface area contributed by atoms with Gasteiger partial charge in [-0.1, -0.05) is 60.7 Å². The van der Waals surface area contributed by atoms with Gasteiger partial charge in [-0.2, -0.15) is 0 Å². The SMILES string of the molecule is Cc1cccc(O[C@@H](C)C(=O)O[C@H](C)C(=O)Nc2ccccc2-c2ccccc2)c1. The molecular weight excluding hydrogens is 378 g/mol. The number of benzene rings is 3. The summed E-state index contributed by atoms with van der Waals surface area (Å²) in [6.07, 6.45) is -1.80. The lowest BCUT2D eigenvalue weighted by molar-refractivity contribution is -0.159. The Morgan fingerprint density at radius 1 is 0.833 bits per heavy atom. The van der Waals surface area contributed by atoms with Gasteiger partial charge in [0.25, 0.3) is 5.91 Å². The number of nitrogens with one attached hydrogen (secondary N) is 1. The van der Waals surface area contributed by atoms with Crippen LogP contribution in [0.1, 0.15) is 19.4 Å². The number of hydrogen-bond acceptors (Lipinski definition) is 4. The van der Waals surface area contributed by atoms with Crippen LogP contribution < -0.4 is 10.1 Å². The number of ether oxygens (including phenoxy) is 2. The average molecular weight is 403 g/mol. The Kier molecular flexibility index (Phi) is 6.86. The van der Waals surface area contributed by atoms with Crippen molar-refractivity contribution in [1.29, 1.82) is 0 Å². The van der Waals surface area contributed by atoms with Crippen LogP contribution in [0.2, 0.25) is 0 Å². The molecule has 0 aliphatic heterocycles. The standard InChI is InChI=1S/C25H25NO4/c1-17-10-9-13-21(16-17)29-19(3)25(28)30-18(2)24(27)26-23-15-8-7-14-22(23)20-11-5-4-6-12-20/h4-16,18-19H,1-3H3,(H,26,27)/t18-,19+/m1/s1. The molecule has 0 radical (unpaired) electrons. The van der Waals surface area contributed by atoms with Crippen LogP contribution >= 0.6 is 0 Å². The fraction of sp³-hybridized carbons (Fsp3) is 0.200. The molecule has 0 aromatic heterocycles. The zero-order chi connectivity index (χ0) is 21.5. The van der Waals surface area contributed by atoms with Crippen molar-refractivity contribution in [1.82, 2.24) is 0 Å². The molecule has 0 saturated heterocycles. The first-order chi connectivity index (χ1) is 14.4. The normalized spacial score (nSPS) is 12.5. The van der Waals surface area contributed by atoms with Crippen LogP contribution in [0.15, 0.2) is 78.9 Å². The smallest absolute Gasteiger partial charge is 0.347 e. The van der Waals surface area contributed by atoms with Gasteiger partial charge < -0.3 is 14.8 Å². The van der Waals surface area contributed by atoms with Gasteiger partial charge in [0.05, 0.1) is 0 Å². The lowest BCUT2D eigenvalue weighted by Gasteiger charge is -2.19. The van der Waals surface area contributed by atoms with E-state index in [1.807, 2.05) is 79.7 Å². The summed E-state index contributed by atoms with van der Waals surface area (Å²) in [5.74, 6) is -0.432. The van der Waals surface area contributed by atoms with Crippen molar-refractivity contribution in [3.05, 3.63) is 84.4 Å². The van der Waals surface area contributed by atoms with Crippen molar-refractivity contribution in [2.75, 3.05) is 5.32 Å². The van der Waals surface area contributed by atoms with E-state index in [9.17, 15) is 9.59 Å². The molecule has 0 aliphatic carbocycles. The summed E-state index contributed by atoms with van der Waals surface area (Å²) in [5, 5.41) is 2.85. The van der Waals surface area contributed by atoms with Gasteiger partial charge in [-0.15, -0.1) is 0 Å². The molecule has 30 heavy (non-hydrogen) atoms. The van der Waals surface area contributed by atoms with Crippen LogP contribution in [0.4, 0.5) is 5.69 Å². The zero-order valence-corrected chi connectivity index (χ0v) is 17.3. The lowest BCUT2D eigenvalue weighted by atomic mass is 10.0. The second kappa shape index (κ2) is 9.74. The third-order valence-electron chi connectivity index (χ3n) is 4.57. The first-order valence-corrected chi connectivity index (χ1v) is 9.83. The van der Waals surface area contributed by atoms with Gasteiger partial charge in [-0.3, -0.25) is 4.79 Å². The number of hydrogen-bond donors (Lipinski definition) is 1. The van der Waals surface area contributed by atoms with E-state index in [0.717, 1.165) is 16.7 Å². The Hall–Kier alpha value is -3.60. The number of rotatable bonds is 7. The van der Waals surface area contributed by atoms with Crippen molar-refractivity contribution in [2.24, 2.45) is 0 Å². The Balaban J connectivity index is 1.62. The highest BCUT2D eigenvalue weighted by atomic mass is 16.6. The Bertz CT molecular complexity index is 1020. The molecule has 0 unspecified atom stereocenters. The van der Waals surface area contributed by atoms with Gasteiger partial charge in [-0.25, -0.2) is 4.79 Å². The van der Waals surface area contributed by atoms with Crippen molar-refractivity contribution in [2.45, 2.75) is 33.0 Å². The summed E-state index contributed by atoms with van der Waals surface area (Å²) in [7, 11) is 0. The summed E-state index contributed by atoms with van der Waals surface area (Å²) in [6, 6.07) is 24.7. The van der Waals surface area contributed by atoms with Crippen LogP contribution in [0.3, 0.4) is 0 Å². The van der Waals surface area contributed by atoms with E-state index in [1.54, 1.807) is 13.0 Å². The first kappa shape index (κ1) is 21.1. The number of aryl methyl sites for hydroxylation is 1. The topological polar surface area (TPSA) is 64.6 Å². The molecule has 1 amide bonds. The maximum atomic E-state index is 12.6. The number of amides is 1. The first-order valence-electron chi connectivity index (χ1n) is 9.83. The van der Waals surface area contributed by atoms with E-state index in [2.05, 4.69) is 5.32 Å². The fourth-order valence-corrected chi connectivity index (χ4v) is 2.96. The summed E-state index contributed by atoms with van der Waals surface area (Å²) >= 11 is 0. The summed E-state index contributed by atoms with van der Waals surface area (Å²) in [5.41, 5.74) is 3.55. The largest absolute Gasteiger partial charge is 0.479 e. The second-order valence-corrected chi connectivity index (χ2v) is 7.06. The molecule has 1 N–H and O–H groups in total. The molecule has 0 bridgehead atoms. The minimum atomic E-state index is -0.968. The van der Waals surface area contributed by atoms with Gasteiger partial charge >= 0.3 is 5.97 Å². The molecule has 154 valence electrons. The van der Waals surface area contributed by atoms with Gasteiger partial charge in [0, 0.05) is 11.3 Å². The van der Waals surface area contributed by atoms with Gasteiger partial charge in [0.1, 0.15) is 5.75 Å². The van der Waals surface area contributed by atoms with E-state index in [1.165, 1.54) is 6.92 Å². The van der Waals surface area contributed by atoms with Gasteiger partial charge in [-0.05, 0) is 50.1 Å². The number of esters is 1. The highest BCUT2D eigenvalue weighted by Crippen LogP contribution is 2.27. The molecule has 0 heterocycles. The van der Waals surface area contributed by atoms with E-state index >= 15 is 0 Å². The van der Waals surface area contributed by atoms with Crippen LogP contribution in [0.25, 0.3) is 11.1 Å². The van der Waals surface area contributed by atoms with Crippen molar-refractivity contribution in [3.63, 3.8) is 0 Å². The molecule has 3 aromatic rings. The highest BCUT2D eigenvalue weighted by molar-refractivity contribution is 5.98. The predicted octanol–water partition coefficient (Wildman–Crippen LogP) is 5.00. The molecule has 0 spiro atoms. The Labute approximate surface area is 176 Å². The Morgan fingerprint density at radius 2 is 1.53 bits per heavy atom. The minimum Gasteiger partial charge on any atom is -0.479 e. The molecule has 3 aromatic carbocycles. The summed E-state index contributed by atoms with van der Waals surface area (Å²) < 4.78 is 10.9. The lowest BCUT2D eigenvalue weighted by Crippen LogP contribution is -2.35. The number of para-hydroxylation sites is 1. The average Bonchev–Trinajstić information content (AvgIpc) is 2.74. The van der Waals surface area contributed by atoms with E-state index in [-0.39, 0.29) is 0 Å². The predicted molar refractivity (Wildman–Crippen MR) is 117 cm³/mol. The Morgan fingerprint density at radius 3 is 2.27 bits per heavy atom. The highest BCUT2D eigenvalue weighted by Gasteiger charge is 2.24. The monoisotopic (exact) mass is 403 g/mol. The number of carbonyl (C=O) groups is 2. The number of anilines is 1. The van der Waals surface area contributed by atoms with Gasteiger partial charge in [0.15, 0.2) is 12.2 Å². The van der Waals surface area contributed by atoms with Crippen LogP contribution in [0, 0.1) is 6.92 Å². The number of carbonyl (C=O) groups excluding carboxylic acids is 2. The molecule has 2 atom stereocenters. The molecule has 0 aliphatic rings. The molecule has 3 rings (SSSR count). The molecule has 0 saturated carbocycles. The third-order valence-corrected chi connectivity index (χ3v) is 4.57. The maximum Gasteiger partial charge on any atom is 0.347 e. The van der Waals surface area contributed by atoms with Crippen molar-refractivity contribution >= 4 is 17.6 Å². The van der Waals surface area contributed by atoms with E-state index < -0.39 is 24.1 Å². The minimum absolute atomic E-state index is 0.408. The van der Waals surface area contributed by atoms with Crippen LogP contribution in [-0.2, 0) is 14.3 Å². The van der Waals surface area contributed by atoms with E-state index in [4.69, 9.17) is 9.47 Å². The fourth-order valence-electron chi connectivity index (χ4n) is 2.96. The van der Waals surface area contributed by atoms with Crippen molar-refractivity contribution in [3.8, 4) is 16.9 Å². The second-order valence-electron chi connectivity index (χ2n) is 7.06.